The van der Waals surface area contributed by atoms with E-state index in [1.54, 1.807) is 24.3 Å². The average molecular weight is 290 g/mol. The number of hydrogen-bond acceptors (Lipinski definition) is 4. The fraction of sp³-hybridized carbons (Fsp3) is 0.0667. The molecule has 21 heavy (non-hydrogen) atoms. The second-order valence-electron chi connectivity index (χ2n) is 4.11. The van der Waals surface area contributed by atoms with Gasteiger partial charge in [0.15, 0.2) is 5.82 Å². The summed E-state index contributed by atoms with van der Waals surface area (Å²) in [5, 5.41) is 3.84. The first-order chi connectivity index (χ1) is 10.1. The van der Waals surface area contributed by atoms with E-state index >= 15 is 0 Å². The van der Waals surface area contributed by atoms with Gasteiger partial charge in [-0.1, -0.05) is 12.1 Å². The number of methoxy groups -OCH3 is 1. The quantitative estimate of drug-likeness (QED) is 0.534. The van der Waals surface area contributed by atoms with Crippen LogP contribution in [0, 0.1) is 11.6 Å². The van der Waals surface area contributed by atoms with Gasteiger partial charge in [-0.2, -0.15) is 5.10 Å². The number of benzene rings is 2. The van der Waals surface area contributed by atoms with Gasteiger partial charge in [0.05, 0.1) is 24.6 Å². The standard InChI is InChI=1S/C15H12F2N2O2/c1-21-15(20)11-4-2-10(3-5-11)9-18-19-14-7-6-12(16)8-13(14)17/h2-9,19H,1H3/b18-9-. The fourth-order valence-corrected chi connectivity index (χ4v) is 1.58. The van der Waals surface area contributed by atoms with E-state index in [0.717, 1.165) is 12.1 Å². The van der Waals surface area contributed by atoms with Crippen LogP contribution in [-0.2, 0) is 4.74 Å². The minimum absolute atomic E-state index is 0.0684. The summed E-state index contributed by atoms with van der Waals surface area (Å²) < 4.78 is 30.6. The van der Waals surface area contributed by atoms with Crippen LogP contribution in [-0.4, -0.2) is 19.3 Å². The molecular weight excluding hydrogens is 278 g/mol. The lowest BCUT2D eigenvalue weighted by atomic mass is 10.1. The number of anilines is 1. The number of carbonyl (C=O) groups excluding carboxylic acids is 1. The van der Waals surface area contributed by atoms with Crippen LogP contribution in [0.4, 0.5) is 14.5 Å². The van der Waals surface area contributed by atoms with Crippen molar-refractivity contribution in [1.82, 2.24) is 0 Å². The Morgan fingerprint density at radius 3 is 2.52 bits per heavy atom. The van der Waals surface area contributed by atoms with Gasteiger partial charge >= 0.3 is 5.97 Å². The van der Waals surface area contributed by atoms with Crippen molar-refractivity contribution in [1.29, 1.82) is 0 Å². The van der Waals surface area contributed by atoms with E-state index in [0.29, 0.717) is 11.1 Å². The summed E-state index contributed by atoms with van der Waals surface area (Å²) in [4.78, 5) is 11.2. The largest absolute Gasteiger partial charge is 0.465 e. The van der Waals surface area contributed by atoms with Crippen molar-refractivity contribution in [3.05, 3.63) is 65.2 Å². The highest BCUT2D eigenvalue weighted by Crippen LogP contribution is 2.14. The number of nitrogens with zero attached hydrogens (tertiary/aromatic N) is 1. The van der Waals surface area contributed by atoms with E-state index in [-0.39, 0.29) is 5.69 Å². The molecule has 0 saturated heterocycles. The Morgan fingerprint density at radius 1 is 1.19 bits per heavy atom. The highest BCUT2D eigenvalue weighted by atomic mass is 19.1. The monoisotopic (exact) mass is 290 g/mol. The molecule has 0 aliphatic heterocycles. The van der Waals surface area contributed by atoms with E-state index in [4.69, 9.17) is 0 Å². The number of hydrogen-bond donors (Lipinski definition) is 1. The first kappa shape index (κ1) is 14.6. The van der Waals surface area contributed by atoms with Crippen LogP contribution in [0.3, 0.4) is 0 Å². The third-order valence-corrected chi connectivity index (χ3v) is 2.66. The molecule has 2 rings (SSSR count). The number of esters is 1. The summed E-state index contributed by atoms with van der Waals surface area (Å²) >= 11 is 0. The lowest BCUT2D eigenvalue weighted by Crippen LogP contribution is -2.01. The van der Waals surface area contributed by atoms with Gasteiger partial charge in [0.1, 0.15) is 5.82 Å². The van der Waals surface area contributed by atoms with Crippen molar-refractivity contribution in [3.8, 4) is 0 Å². The summed E-state index contributed by atoms with van der Waals surface area (Å²) in [5.41, 5.74) is 3.67. The maximum absolute atomic E-state index is 13.3. The van der Waals surface area contributed by atoms with Crippen molar-refractivity contribution in [2.75, 3.05) is 12.5 Å². The first-order valence-corrected chi connectivity index (χ1v) is 6.02. The minimum atomic E-state index is -0.729. The first-order valence-electron chi connectivity index (χ1n) is 6.02. The summed E-state index contributed by atoms with van der Waals surface area (Å²) in [6.45, 7) is 0. The van der Waals surface area contributed by atoms with Crippen LogP contribution in [0.1, 0.15) is 15.9 Å². The zero-order valence-electron chi connectivity index (χ0n) is 11.1. The maximum Gasteiger partial charge on any atom is 0.337 e. The molecule has 6 heteroatoms. The number of nitrogens with one attached hydrogen (secondary N) is 1. The summed E-state index contributed by atoms with van der Waals surface area (Å²) in [6.07, 6.45) is 1.45. The van der Waals surface area contributed by atoms with Gasteiger partial charge in [-0.3, -0.25) is 5.43 Å². The maximum atomic E-state index is 13.3. The van der Waals surface area contributed by atoms with Gasteiger partial charge < -0.3 is 4.74 Å². The molecule has 0 aliphatic rings. The summed E-state index contributed by atoms with van der Waals surface area (Å²) in [6, 6.07) is 9.66. The molecule has 0 unspecified atom stereocenters. The number of halogens is 2. The van der Waals surface area contributed by atoms with Gasteiger partial charge in [-0.15, -0.1) is 0 Å². The van der Waals surface area contributed by atoms with Gasteiger partial charge in [0.25, 0.3) is 0 Å². The molecule has 108 valence electrons. The van der Waals surface area contributed by atoms with Crippen LogP contribution < -0.4 is 5.43 Å². The third kappa shape index (κ3) is 3.85. The highest BCUT2D eigenvalue weighted by Gasteiger charge is 2.04. The predicted octanol–water partition coefficient (Wildman–Crippen LogP) is 3.20. The van der Waals surface area contributed by atoms with Crippen molar-refractivity contribution in [3.63, 3.8) is 0 Å². The predicted molar refractivity (Wildman–Crippen MR) is 75.4 cm³/mol. The Hall–Kier alpha value is -2.76. The molecule has 0 aliphatic carbocycles. The topological polar surface area (TPSA) is 50.7 Å². The van der Waals surface area contributed by atoms with Crippen molar-refractivity contribution < 1.29 is 18.3 Å². The van der Waals surface area contributed by atoms with E-state index in [1.807, 2.05) is 0 Å². The number of rotatable bonds is 4. The van der Waals surface area contributed by atoms with Gasteiger partial charge in [-0.05, 0) is 29.8 Å². The normalized spacial score (nSPS) is 10.6. The minimum Gasteiger partial charge on any atom is -0.465 e. The highest BCUT2D eigenvalue weighted by molar-refractivity contribution is 5.90. The van der Waals surface area contributed by atoms with Crippen molar-refractivity contribution in [2.24, 2.45) is 5.10 Å². The molecule has 0 heterocycles. The second kappa shape index (κ2) is 6.60. The number of ether oxygens (including phenoxy) is 1. The molecule has 1 N–H and O–H groups in total. The van der Waals surface area contributed by atoms with E-state index in [9.17, 15) is 13.6 Å². The molecule has 4 nitrogen and oxygen atoms in total. The summed E-state index contributed by atoms with van der Waals surface area (Å²) in [7, 11) is 1.30. The van der Waals surface area contributed by atoms with Gasteiger partial charge in [0.2, 0.25) is 0 Å². The average Bonchev–Trinajstić information content (AvgIpc) is 2.49. The SMILES string of the molecule is COC(=O)c1ccc(/C=N\Nc2ccc(F)cc2F)cc1. The molecule has 0 aromatic heterocycles. The van der Waals surface area contributed by atoms with Crippen LogP contribution in [0.15, 0.2) is 47.6 Å². The van der Waals surface area contributed by atoms with Crippen LogP contribution in [0.25, 0.3) is 0 Å². The molecular formula is C15H12F2N2O2. The number of hydrazone groups is 1. The molecule has 0 bridgehead atoms. The zero-order chi connectivity index (χ0) is 15.2. The number of carbonyl (C=O) groups is 1. The van der Waals surface area contributed by atoms with Crippen molar-refractivity contribution >= 4 is 17.9 Å². The zero-order valence-corrected chi connectivity index (χ0v) is 11.1. The van der Waals surface area contributed by atoms with Crippen molar-refractivity contribution in [2.45, 2.75) is 0 Å². The van der Waals surface area contributed by atoms with E-state index in [2.05, 4.69) is 15.3 Å². The van der Waals surface area contributed by atoms with Crippen LogP contribution >= 0.6 is 0 Å². The summed E-state index contributed by atoms with van der Waals surface area (Å²) in [5.74, 6) is -1.81. The Bertz CT molecular complexity index is 670. The molecule has 0 atom stereocenters. The van der Waals surface area contributed by atoms with Gasteiger partial charge in [-0.25, -0.2) is 13.6 Å². The second-order valence-corrected chi connectivity index (χ2v) is 4.11. The third-order valence-electron chi connectivity index (χ3n) is 2.66. The Morgan fingerprint density at radius 2 is 1.90 bits per heavy atom. The van der Waals surface area contributed by atoms with E-state index in [1.165, 1.54) is 19.4 Å². The fourth-order valence-electron chi connectivity index (χ4n) is 1.58. The van der Waals surface area contributed by atoms with Crippen LogP contribution in [0.5, 0.6) is 0 Å². The van der Waals surface area contributed by atoms with Crippen LogP contribution in [0.2, 0.25) is 0 Å². The molecule has 2 aromatic rings. The smallest absolute Gasteiger partial charge is 0.337 e. The molecule has 0 radical (unpaired) electrons. The lowest BCUT2D eigenvalue weighted by Gasteiger charge is -2.02. The Labute approximate surface area is 120 Å². The Balaban J connectivity index is 2.02. The Kier molecular flexibility index (Phi) is 4.61. The van der Waals surface area contributed by atoms with E-state index < -0.39 is 17.6 Å². The molecule has 0 amide bonds. The molecule has 2 aromatic carbocycles. The van der Waals surface area contributed by atoms with Gasteiger partial charge in [0, 0.05) is 6.07 Å². The molecule has 0 saturated carbocycles. The lowest BCUT2D eigenvalue weighted by molar-refractivity contribution is 0.0600. The molecule has 0 spiro atoms. The molecule has 0 fully saturated rings.